The molecule has 0 aliphatic rings. The highest BCUT2D eigenvalue weighted by Crippen LogP contribution is 2.28. The van der Waals surface area contributed by atoms with E-state index in [0.717, 1.165) is 22.9 Å². The van der Waals surface area contributed by atoms with Crippen molar-refractivity contribution in [3.05, 3.63) is 55.1 Å². The van der Waals surface area contributed by atoms with E-state index in [-0.39, 0.29) is 11.9 Å². The molecular formula is C18H20N4O. The Hall–Kier alpha value is -2.69. The third kappa shape index (κ3) is 2.95. The van der Waals surface area contributed by atoms with Gasteiger partial charge in [0.05, 0.1) is 5.69 Å². The van der Waals surface area contributed by atoms with Crippen LogP contribution < -0.4 is 4.90 Å². The zero-order chi connectivity index (χ0) is 16.2. The number of anilines is 1. The Kier molecular flexibility index (Phi) is 4.37. The molecular weight excluding hydrogens is 288 g/mol. The predicted octanol–water partition coefficient (Wildman–Crippen LogP) is 3.44. The zero-order valence-corrected chi connectivity index (χ0v) is 13.4. The summed E-state index contributed by atoms with van der Waals surface area (Å²) >= 11 is 0. The SMILES string of the molecule is CCCN(C(=O)[C@H](C)n1cncn1)c1cccc2ccccc12. The van der Waals surface area contributed by atoms with E-state index in [1.54, 1.807) is 11.0 Å². The summed E-state index contributed by atoms with van der Waals surface area (Å²) in [5, 5.41) is 6.31. The second-order valence-corrected chi connectivity index (χ2v) is 5.54. The van der Waals surface area contributed by atoms with Gasteiger partial charge in [0.15, 0.2) is 0 Å². The van der Waals surface area contributed by atoms with E-state index in [4.69, 9.17) is 0 Å². The number of rotatable bonds is 5. The highest BCUT2D eigenvalue weighted by Gasteiger charge is 2.24. The number of amides is 1. The van der Waals surface area contributed by atoms with Crippen LogP contribution in [0.25, 0.3) is 10.8 Å². The minimum absolute atomic E-state index is 0.0219. The van der Waals surface area contributed by atoms with E-state index in [9.17, 15) is 4.79 Å². The Morgan fingerprint density at radius 3 is 2.74 bits per heavy atom. The first kappa shape index (κ1) is 15.2. The first-order valence-electron chi connectivity index (χ1n) is 7.85. The maximum absolute atomic E-state index is 13.0. The number of benzene rings is 2. The van der Waals surface area contributed by atoms with Crippen molar-refractivity contribution in [3.8, 4) is 0 Å². The van der Waals surface area contributed by atoms with Gasteiger partial charge in [-0.2, -0.15) is 5.10 Å². The van der Waals surface area contributed by atoms with Crippen molar-refractivity contribution in [2.24, 2.45) is 0 Å². The Balaban J connectivity index is 2.02. The molecule has 0 aliphatic heterocycles. The molecule has 0 bridgehead atoms. The highest BCUT2D eigenvalue weighted by atomic mass is 16.2. The van der Waals surface area contributed by atoms with E-state index < -0.39 is 0 Å². The minimum atomic E-state index is -0.386. The van der Waals surface area contributed by atoms with Crippen molar-refractivity contribution in [2.75, 3.05) is 11.4 Å². The van der Waals surface area contributed by atoms with E-state index >= 15 is 0 Å². The molecule has 3 rings (SSSR count). The van der Waals surface area contributed by atoms with Crippen molar-refractivity contribution in [3.63, 3.8) is 0 Å². The second kappa shape index (κ2) is 6.60. The third-order valence-electron chi connectivity index (χ3n) is 3.96. The summed E-state index contributed by atoms with van der Waals surface area (Å²) < 4.78 is 1.59. The van der Waals surface area contributed by atoms with Gasteiger partial charge in [0, 0.05) is 11.9 Å². The number of aromatic nitrogens is 3. The van der Waals surface area contributed by atoms with Gasteiger partial charge in [-0.25, -0.2) is 9.67 Å². The van der Waals surface area contributed by atoms with Gasteiger partial charge in [0.25, 0.3) is 5.91 Å². The van der Waals surface area contributed by atoms with Crippen molar-refractivity contribution < 1.29 is 4.79 Å². The monoisotopic (exact) mass is 308 g/mol. The molecule has 2 aromatic carbocycles. The van der Waals surface area contributed by atoms with Gasteiger partial charge in [-0.15, -0.1) is 0 Å². The summed E-state index contributed by atoms with van der Waals surface area (Å²) in [6, 6.07) is 13.8. The van der Waals surface area contributed by atoms with Crippen LogP contribution in [0.5, 0.6) is 0 Å². The topological polar surface area (TPSA) is 51.0 Å². The molecule has 1 aromatic heterocycles. The molecule has 0 N–H and O–H groups in total. The molecule has 1 atom stereocenters. The van der Waals surface area contributed by atoms with Crippen LogP contribution in [0.4, 0.5) is 5.69 Å². The standard InChI is InChI=1S/C18H20N4O/c1-3-11-21(18(23)14(2)22-13-19-12-20-22)17-10-6-8-15-7-4-5-9-16(15)17/h4-10,12-14H,3,11H2,1-2H3/t14-/m0/s1. The molecule has 0 aliphatic carbocycles. The second-order valence-electron chi connectivity index (χ2n) is 5.54. The average Bonchev–Trinajstić information content (AvgIpc) is 3.12. The van der Waals surface area contributed by atoms with Crippen LogP contribution in [0.2, 0.25) is 0 Å². The summed E-state index contributed by atoms with van der Waals surface area (Å²) in [5.41, 5.74) is 0.946. The Morgan fingerprint density at radius 1 is 1.22 bits per heavy atom. The third-order valence-corrected chi connectivity index (χ3v) is 3.96. The van der Waals surface area contributed by atoms with Crippen LogP contribution in [0.1, 0.15) is 26.3 Å². The fourth-order valence-electron chi connectivity index (χ4n) is 2.77. The Labute approximate surface area is 135 Å². The summed E-state index contributed by atoms with van der Waals surface area (Å²) in [6.07, 6.45) is 3.92. The van der Waals surface area contributed by atoms with E-state index in [0.29, 0.717) is 6.54 Å². The number of carbonyl (C=O) groups is 1. The summed E-state index contributed by atoms with van der Waals surface area (Å²) in [4.78, 5) is 18.8. The van der Waals surface area contributed by atoms with Crippen molar-refractivity contribution in [2.45, 2.75) is 26.3 Å². The van der Waals surface area contributed by atoms with Gasteiger partial charge in [-0.3, -0.25) is 4.79 Å². The van der Waals surface area contributed by atoms with Gasteiger partial charge in [-0.05, 0) is 24.8 Å². The zero-order valence-electron chi connectivity index (χ0n) is 13.4. The fraction of sp³-hybridized carbons (Fsp3) is 0.278. The van der Waals surface area contributed by atoms with Crippen LogP contribution in [0.15, 0.2) is 55.1 Å². The lowest BCUT2D eigenvalue weighted by Crippen LogP contribution is -2.37. The molecule has 0 radical (unpaired) electrons. The predicted molar refractivity (Wildman–Crippen MR) is 91.3 cm³/mol. The molecule has 118 valence electrons. The Morgan fingerprint density at radius 2 is 2.00 bits per heavy atom. The van der Waals surface area contributed by atoms with Crippen molar-refractivity contribution in [1.82, 2.24) is 14.8 Å². The van der Waals surface area contributed by atoms with Crippen molar-refractivity contribution in [1.29, 1.82) is 0 Å². The molecule has 0 fully saturated rings. The molecule has 5 nitrogen and oxygen atoms in total. The summed E-state index contributed by atoms with van der Waals surface area (Å²) in [5.74, 6) is 0.0219. The largest absolute Gasteiger partial charge is 0.310 e. The average molecular weight is 308 g/mol. The minimum Gasteiger partial charge on any atom is -0.310 e. The van der Waals surface area contributed by atoms with Gasteiger partial charge < -0.3 is 4.90 Å². The quantitative estimate of drug-likeness (QED) is 0.725. The number of hydrogen-bond acceptors (Lipinski definition) is 3. The number of carbonyl (C=O) groups excluding carboxylic acids is 1. The normalized spacial score (nSPS) is 12.3. The molecule has 1 heterocycles. The molecule has 23 heavy (non-hydrogen) atoms. The van der Waals surface area contributed by atoms with Crippen LogP contribution in [0.3, 0.4) is 0 Å². The first-order chi connectivity index (χ1) is 11.2. The molecule has 0 saturated heterocycles. The lowest BCUT2D eigenvalue weighted by molar-refractivity contribution is -0.121. The Bertz CT molecular complexity index is 792. The molecule has 1 amide bonds. The van der Waals surface area contributed by atoms with Gasteiger partial charge in [-0.1, -0.05) is 43.3 Å². The highest BCUT2D eigenvalue weighted by molar-refractivity contribution is 6.04. The molecule has 5 heteroatoms. The smallest absolute Gasteiger partial charge is 0.251 e. The van der Waals surface area contributed by atoms with E-state index in [1.807, 2.05) is 36.1 Å². The first-order valence-corrected chi connectivity index (χ1v) is 7.85. The number of hydrogen-bond donors (Lipinski definition) is 0. The molecule has 0 spiro atoms. The van der Waals surface area contributed by atoms with Gasteiger partial charge in [0.1, 0.15) is 18.7 Å². The van der Waals surface area contributed by atoms with Crippen LogP contribution in [0, 0.1) is 0 Å². The van der Waals surface area contributed by atoms with Crippen LogP contribution in [-0.4, -0.2) is 27.2 Å². The molecule has 0 saturated carbocycles. The maximum Gasteiger partial charge on any atom is 0.251 e. The fourth-order valence-corrected chi connectivity index (χ4v) is 2.77. The lowest BCUT2D eigenvalue weighted by Gasteiger charge is -2.26. The van der Waals surface area contributed by atoms with Crippen molar-refractivity contribution >= 4 is 22.4 Å². The van der Waals surface area contributed by atoms with Crippen LogP contribution >= 0.6 is 0 Å². The van der Waals surface area contributed by atoms with E-state index in [2.05, 4.69) is 35.2 Å². The molecule has 0 unspecified atom stereocenters. The van der Waals surface area contributed by atoms with Crippen LogP contribution in [-0.2, 0) is 4.79 Å². The lowest BCUT2D eigenvalue weighted by atomic mass is 10.1. The summed E-state index contributed by atoms with van der Waals surface area (Å²) in [6.45, 7) is 4.60. The number of nitrogens with zero attached hydrogens (tertiary/aromatic N) is 4. The summed E-state index contributed by atoms with van der Waals surface area (Å²) in [7, 11) is 0. The van der Waals surface area contributed by atoms with Gasteiger partial charge >= 0.3 is 0 Å². The molecule has 3 aromatic rings. The van der Waals surface area contributed by atoms with Gasteiger partial charge in [0.2, 0.25) is 0 Å². The van der Waals surface area contributed by atoms with E-state index in [1.165, 1.54) is 6.33 Å². The number of fused-ring (bicyclic) bond motifs is 1. The maximum atomic E-state index is 13.0.